The number of para-hydroxylation sites is 1. The Bertz CT molecular complexity index is 723. The van der Waals surface area contributed by atoms with E-state index in [1.165, 1.54) is 0 Å². The molecule has 7 heteroatoms. The standard InChI is InChI=1S/C21H32N4O3/c1-15(22)19(26)23-16(2)20(27)25-13-17-7-4-5-8-18(17)28-21(14-25)9-6-11-24(3)12-10-21/h4-5,7-8,15-16H,6,9-14,22H2,1-3H3,(H,23,26). The van der Waals surface area contributed by atoms with Crippen molar-refractivity contribution in [2.45, 2.75) is 57.3 Å². The zero-order valence-corrected chi connectivity index (χ0v) is 17.1. The second-order valence-corrected chi connectivity index (χ2v) is 8.26. The first-order chi connectivity index (χ1) is 13.3. The molecule has 154 valence electrons. The number of carbonyl (C=O) groups is 2. The first kappa shape index (κ1) is 20.6. The van der Waals surface area contributed by atoms with E-state index >= 15 is 0 Å². The minimum absolute atomic E-state index is 0.105. The fourth-order valence-electron chi connectivity index (χ4n) is 4.01. The molecule has 2 amide bonds. The largest absolute Gasteiger partial charge is 0.485 e. The van der Waals surface area contributed by atoms with Crippen LogP contribution in [0.3, 0.4) is 0 Å². The van der Waals surface area contributed by atoms with Crippen LogP contribution in [0, 0.1) is 0 Å². The Balaban J connectivity index is 1.86. The van der Waals surface area contributed by atoms with Crippen LogP contribution in [0.2, 0.25) is 0 Å². The molecule has 1 saturated heterocycles. The maximum atomic E-state index is 13.2. The Labute approximate surface area is 167 Å². The molecule has 2 aliphatic heterocycles. The quantitative estimate of drug-likeness (QED) is 0.810. The summed E-state index contributed by atoms with van der Waals surface area (Å²) >= 11 is 0. The zero-order valence-electron chi connectivity index (χ0n) is 17.1. The smallest absolute Gasteiger partial charge is 0.245 e. The van der Waals surface area contributed by atoms with E-state index in [4.69, 9.17) is 10.5 Å². The zero-order chi connectivity index (χ0) is 20.3. The Morgan fingerprint density at radius 2 is 1.96 bits per heavy atom. The van der Waals surface area contributed by atoms with Gasteiger partial charge in [-0.25, -0.2) is 0 Å². The molecule has 28 heavy (non-hydrogen) atoms. The molecule has 3 unspecified atom stereocenters. The number of hydrogen-bond acceptors (Lipinski definition) is 5. The molecule has 1 aromatic rings. The predicted octanol–water partition coefficient (Wildman–Crippen LogP) is 1.11. The number of carbonyl (C=O) groups excluding carboxylic acids is 2. The van der Waals surface area contributed by atoms with Crippen LogP contribution < -0.4 is 15.8 Å². The van der Waals surface area contributed by atoms with Crippen molar-refractivity contribution < 1.29 is 14.3 Å². The van der Waals surface area contributed by atoms with Crippen molar-refractivity contribution in [3.05, 3.63) is 29.8 Å². The molecule has 7 nitrogen and oxygen atoms in total. The van der Waals surface area contributed by atoms with Crippen LogP contribution in [0.5, 0.6) is 5.75 Å². The van der Waals surface area contributed by atoms with Crippen LogP contribution >= 0.6 is 0 Å². The van der Waals surface area contributed by atoms with Gasteiger partial charge < -0.3 is 25.6 Å². The number of amides is 2. The summed E-state index contributed by atoms with van der Waals surface area (Å²) < 4.78 is 6.57. The van der Waals surface area contributed by atoms with E-state index in [9.17, 15) is 9.59 Å². The molecule has 0 aromatic heterocycles. The lowest BCUT2D eigenvalue weighted by atomic mass is 9.93. The summed E-state index contributed by atoms with van der Waals surface area (Å²) in [6, 6.07) is 6.65. The van der Waals surface area contributed by atoms with Gasteiger partial charge >= 0.3 is 0 Å². The van der Waals surface area contributed by atoms with Gasteiger partial charge in [0.25, 0.3) is 0 Å². The van der Waals surface area contributed by atoms with Crippen LogP contribution in [-0.2, 0) is 16.1 Å². The molecular formula is C21H32N4O3. The van der Waals surface area contributed by atoms with Crippen molar-refractivity contribution in [3.8, 4) is 5.75 Å². The third-order valence-corrected chi connectivity index (χ3v) is 5.72. The summed E-state index contributed by atoms with van der Waals surface area (Å²) in [5.74, 6) is 0.430. The molecule has 1 fully saturated rings. The van der Waals surface area contributed by atoms with Gasteiger partial charge in [-0.1, -0.05) is 18.2 Å². The number of ether oxygens (including phenoxy) is 1. The van der Waals surface area contributed by atoms with E-state index in [2.05, 4.69) is 17.3 Å². The second kappa shape index (κ2) is 8.49. The Morgan fingerprint density at radius 3 is 2.71 bits per heavy atom. The summed E-state index contributed by atoms with van der Waals surface area (Å²) in [4.78, 5) is 29.3. The molecule has 2 heterocycles. The van der Waals surface area contributed by atoms with E-state index in [1.807, 2.05) is 29.2 Å². The summed E-state index contributed by atoms with van der Waals surface area (Å²) in [6.07, 6.45) is 2.79. The Kier molecular flexibility index (Phi) is 6.25. The van der Waals surface area contributed by atoms with Gasteiger partial charge in [0.05, 0.1) is 12.6 Å². The third kappa shape index (κ3) is 4.64. The van der Waals surface area contributed by atoms with Crippen molar-refractivity contribution >= 4 is 11.8 Å². The highest BCUT2D eigenvalue weighted by Crippen LogP contribution is 2.35. The number of hydrogen-bond donors (Lipinski definition) is 2. The van der Waals surface area contributed by atoms with Crippen molar-refractivity contribution in [1.82, 2.24) is 15.1 Å². The maximum Gasteiger partial charge on any atom is 0.245 e. The highest BCUT2D eigenvalue weighted by molar-refractivity contribution is 5.89. The van der Waals surface area contributed by atoms with E-state index in [0.29, 0.717) is 13.1 Å². The molecule has 3 rings (SSSR count). The summed E-state index contributed by atoms with van der Waals surface area (Å²) in [6.45, 7) is 6.29. The normalized spacial score (nSPS) is 25.1. The number of likely N-dealkylation sites (tertiary alicyclic amines) is 1. The first-order valence-corrected chi connectivity index (χ1v) is 10.1. The number of nitrogens with zero attached hydrogens (tertiary/aromatic N) is 2. The topological polar surface area (TPSA) is 87.9 Å². The number of rotatable bonds is 3. The van der Waals surface area contributed by atoms with E-state index in [1.54, 1.807) is 13.8 Å². The minimum atomic E-state index is -0.646. The van der Waals surface area contributed by atoms with Crippen LogP contribution in [0.15, 0.2) is 24.3 Å². The van der Waals surface area contributed by atoms with E-state index in [-0.39, 0.29) is 11.8 Å². The van der Waals surface area contributed by atoms with Gasteiger partial charge in [0.1, 0.15) is 17.4 Å². The van der Waals surface area contributed by atoms with E-state index in [0.717, 1.165) is 43.7 Å². The summed E-state index contributed by atoms with van der Waals surface area (Å²) in [5.41, 5.74) is 6.22. The van der Waals surface area contributed by atoms with Crippen molar-refractivity contribution in [3.63, 3.8) is 0 Å². The maximum absolute atomic E-state index is 13.2. The molecule has 2 aliphatic rings. The lowest BCUT2D eigenvalue weighted by Gasteiger charge is -2.36. The molecule has 0 radical (unpaired) electrons. The third-order valence-electron chi connectivity index (χ3n) is 5.72. The molecular weight excluding hydrogens is 356 g/mol. The molecule has 0 aliphatic carbocycles. The lowest BCUT2D eigenvalue weighted by Crippen LogP contribution is -2.54. The van der Waals surface area contributed by atoms with Gasteiger partial charge in [-0.15, -0.1) is 0 Å². The Hall–Kier alpha value is -2.12. The van der Waals surface area contributed by atoms with Crippen molar-refractivity contribution in [2.75, 3.05) is 26.7 Å². The molecule has 1 spiro atoms. The molecule has 0 bridgehead atoms. The minimum Gasteiger partial charge on any atom is -0.485 e. The fraction of sp³-hybridized carbons (Fsp3) is 0.619. The summed E-state index contributed by atoms with van der Waals surface area (Å²) in [5, 5.41) is 2.73. The monoisotopic (exact) mass is 388 g/mol. The number of benzene rings is 1. The average Bonchev–Trinajstić information content (AvgIpc) is 2.94. The van der Waals surface area contributed by atoms with Crippen LogP contribution in [0.25, 0.3) is 0 Å². The molecule has 3 N–H and O–H groups in total. The van der Waals surface area contributed by atoms with Crippen molar-refractivity contribution in [2.24, 2.45) is 5.73 Å². The first-order valence-electron chi connectivity index (χ1n) is 10.1. The fourth-order valence-corrected chi connectivity index (χ4v) is 4.01. The van der Waals surface area contributed by atoms with Gasteiger partial charge in [-0.05, 0) is 46.3 Å². The van der Waals surface area contributed by atoms with Gasteiger partial charge in [0, 0.05) is 25.1 Å². The lowest BCUT2D eigenvalue weighted by molar-refractivity contribution is -0.138. The second-order valence-electron chi connectivity index (χ2n) is 8.26. The Morgan fingerprint density at radius 1 is 1.21 bits per heavy atom. The average molecular weight is 389 g/mol. The molecule has 0 saturated carbocycles. The molecule has 1 aromatic carbocycles. The van der Waals surface area contributed by atoms with Crippen LogP contribution in [-0.4, -0.2) is 66.0 Å². The van der Waals surface area contributed by atoms with Gasteiger partial charge in [-0.3, -0.25) is 9.59 Å². The van der Waals surface area contributed by atoms with E-state index < -0.39 is 17.7 Å². The number of nitrogens with one attached hydrogen (secondary N) is 1. The highest BCUT2D eigenvalue weighted by atomic mass is 16.5. The highest BCUT2D eigenvalue weighted by Gasteiger charge is 2.41. The number of fused-ring (bicyclic) bond motifs is 1. The van der Waals surface area contributed by atoms with Gasteiger partial charge in [0.2, 0.25) is 11.8 Å². The molecule has 3 atom stereocenters. The van der Waals surface area contributed by atoms with Gasteiger partial charge in [0.15, 0.2) is 0 Å². The SMILES string of the molecule is CC(N)C(=O)NC(C)C(=O)N1Cc2ccccc2OC2(CCCN(C)CC2)C1. The van der Waals surface area contributed by atoms with Gasteiger partial charge in [-0.2, -0.15) is 0 Å². The van der Waals surface area contributed by atoms with Crippen LogP contribution in [0.1, 0.15) is 38.7 Å². The van der Waals surface area contributed by atoms with Crippen LogP contribution in [0.4, 0.5) is 0 Å². The van der Waals surface area contributed by atoms with Crippen molar-refractivity contribution in [1.29, 1.82) is 0 Å². The predicted molar refractivity (Wildman–Crippen MR) is 108 cm³/mol. The number of nitrogens with two attached hydrogens (primary N) is 1. The summed E-state index contributed by atoms with van der Waals surface area (Å²) in [7, 11) is 2.12.